The fraction of sp³-hybridized carbons (Fsp3) is 0.211. The molecule has 2 rings (SSSR count). The lowest BCUT2D eigenvalue weighted by molar-refractivity contribution is -0.385. The average molecular weight is 899 g/mol. The fourth-order valence-electron chi connectivity index (χ4n) is 2.52. The minimum atomic E-state index is -5.36. The van der Waals surface area contributed by atoms with Crippen molar-refractivity contribution >= 4 is 101 Å². The Labute approximate surface area is 251 Å². The first kappa shape index (κ1) is 32.4. The molecule has 0 saturated carbocycles. The number of carbonyl (C=O) groups excluding carboxylic acids is 3. The van der Waals surface area contributed by atoms with Crippen LogP contribution in [0.2, 0.25) is 0 Å². The number of alkyl halides is 3. The molecule has 1 atom stereocenters. The van der Waals surface area contributed by atoms with Crippen LogP contribution in [0.25, 0.3) is 0 Å². The van der Waals surface area contributed by atoms with Crippen LogP contribution in [-0.2, 0) is 24.4 Å². The summed E-state index contributed by atoms with van der Waals surface area (Å²) in [7, 11) is -5.18. The van der Waals surface area contributed by atoms with E-state index in [1.807, 2.05) is 67.8 Å². The molecule has 1 unspecified atom stereocenters. The molecule has 0 aromatic heterocycles. The van der Waals surface area contributed by atoms with E-state index in [-0.39, 0.29) is 5.56 Å². The van der Waals surface area contributed by atoms with Crippen LogP contribution in [0.15, 0.2) is 30.3 Å². The van der Waals surface area contributed by atoms with Gasteiger partial charge in [0.05, 0.1) is 16.1 Å². The van der Waals surface area contributed by atoms with Crippen molar-refractivity contribution in [3.63, 3.8) is 0 Å². The van der Waals surface area contributed by atoms with Crippen molar-refractivity contribution in [2.75, 3.05) is 12.4 Å². The van der Waals surface area contributed by atoms with E-state index in [1.54, 1.807) is 6.07 Å². The molecule has 0 amide bonds. The molecule has 0 aliphatic heterocycles. The van der Waals surface area contributed by atoms with Crippen molar-refractivity contribution < 1.29 is 59.7 Å². The van der Waals surface area contributed by atoms with Crippen LogP contribution in [0.5, 0.6) is 5.75 Å². The molecule has 2 aromatic carbocycles. The molecule has 0 fully saturated rings. The van der Waals surface area contributed by atoms with Crippen LogP contribution >= 0.6 is 67.8 Å². The lowest BCUT2D eigenvalue weighted by Gasteiger charge is -2.19. The molecule has 0 aliphatic rings. The molecule has 0 saturated heterocycles. The third-order valence-electron chi connectivity index (χ3n) is 4.13. The summed E-state index contributed by atoms with van der Waals surface area (Å²) >= 11 is 5.79. The Morgan fingerprint density at radius 1 is 1.08 bits per heavy atom. The number of nitrogens with zero attached hydrogens (tertiary/aromatic N) is 1. The molecule has 2 aromatic rings. The molecule has 38 heavy (non-hydrogen) atoms. The Morgan fingerprint density at radius 2 is 1.71 bits per heavy atom. The minimum absolute atomic E-state index is 0.0797. The largest absolute Gasteiger partial charge is 0.450 e. The lowest BCUT2D eigenvalue weighted by atomic mass is 10.2. The number of carbonyl (C=O) groups is 3. The number of benzene rings is 2. The number of ether oxygens (including phenoxy) is 3. The zero-order valence-electron chi connectivity index (χ0n) is 18.0. The van der Waals surface area contributed by atoms with Gasteiger partial charge in [-0.25, -0.2) is 14.4 Å². The van der Waals surface area contributed by atoms with Gasteiger partial charge < -0.3 is 14.2 Å². The summed E-state index contributed by atoms with van der Waals surface area (Å²) in [6.07, 6.45) is -8.60. The number of hydrogen-bond donors (Lipinski definition) is 1. The van der Waals surface area contributed by atoms with Crippen LogP contribution in [-0.4, -0.2) is 60.4 Å². The van der Waals surface area contributed by atoms with Crippen molar-refractivity contribution in [1.29, 1.82) is 0 Å². The second-order valence-electron chi connectivity index (χ2n) is 6.92. The second-order valence-corrected chi connectivity index (χ2v) is 11.9. The molecule has 206 valence electrons. The summed E-state index contributed by atoms with van der Waals surface area (Å²) < 4.78 is 84.1. The minimum Gasteiger partial charge on any atom is -0.450 e. The monoisotopic (exact) mass is 899 g/mol. The molecular formula is C19H11F3I3NO11S. The Morgan fingerprint density at radius 3 is 2.26 bits per heavy atom. The summed E-state index contributed by atoms with van der Waals surface area (Å²) in [6, 6.07) is 5.67. The van der Waals surface area contributed by atoms with Gasteiger partial charge in [-0.2, -0.15) is 21.6 Å². The molecule has 0 spiro atoms. The molecule has 19 heteroatoms. The van der Waals surface area contributed by atoms with Gasteiger partial charge in [-0.15, -0.1) is 0 Å². The highest BCUT2D eigenvalue weighted by atomic mass is 127. The van der Waals surface area contributed by atoms with Crippen LogP contribution in [0.1, 0.15) is 20.7 Å². The standard InChI is InChI=1S/C19H11F3I3NO11S/c20-19(21,22)14(7-38(32,33)34)37-15(27)6-35-17(28)8-1-2-12(26(30)31)13(3-8)36-18(29)10-4-9(23)5-11(24)16(10)25/h1-5,14H,6-7H2,(H,32,33,34). The van der Waals surface area contributed by atoms with Crippen molar-refractivity contribution in [1.82, 2.24) is 0 Å². The van der Waals surface area contributed by atoms with Crippen molar-refractivity contribution in [3.8, 4) is 5.75 Å². The van der Waals surface area contributed by atoms with E-state index >= 15 is 0 Å². The van der Waals surface area contributed by atoms with Crippen molar-refractivity contribution in [2.45, 2.75) is 12.3 Å². The molecule has 0 bridgehead atoms. The molecule has 1 N–H and O–H groups in total. The Bertz CT molecular complexity index is 1400. The van der Waals surface area contributed by atoms with E-state index in [1.165, 1.54) is 6.07 Å². The van der Waals surface area contributed by atoms with E-state index in [4.69, 9.17) is 9.29 Å². The van der Waals surface area contributed by atoms with Gasteiger partial charge >= 0.3 is 29.8 Å². The number of hydrogen-bond acceptors (Lipinski definition) is 10. The fourth-order valence-corrected chi connectivity index (χ4v) is 5.54. The summed E-state index contributed by atoms with van der Waals surface area (Å²) in [5.41, 5.74) is -1.11. The van der Waals surface area contributed by atoms with Gasteiger partial charge in [0.25, 0.3) is 10.1 Å². The Balaban J connectivity index is 2.21. The van der Waals surface area contributed by atoms with Gasteiger partial charge in [-0.3, -0.25) is 14.7 Å². The van der Waals surface area contributed by atoms with Gasteiger partial charge in [0.2, 0.25) is 11.9 Å². The van der Waals surface area contributed by atoms with Crippen LogP contribution in [0, 0.1) is 20.8 Å². The number of nitro benzene ring substituents is 1. The molecule has 0 aliphatic carbocycles. The molecule has 0 radical (unpaired) electrons. The maximum Gasteiger partial charge on any atom is 0.426 e. The zero-order valence-corrected chi connectivity index (χ0v) is 25.3. The first-order valence-electron chi connectivity index (χ1n) is 9.42. The first-order valence-corrected chi connectivity index (χ1v) is 14.3. The highest BCUT2D eigenvalue weighted by Gasteiger charge is 2.45. The molecule has 0 heterocycles. The van der Waals surface area contributed by atoms with Crippen LogP contribution < -0.4 is 4.74 Å². The van der Waals surface area contributed by atoms with E-state index < -0.39 is 74.6 Å². The SMILES string of the molecule is O=C(COC(=O)c1ccc([N+](=O)[O-])c(OC(=O)c2cc(I)cc(I)c2I)c1)OC(CS(=O)(=O)O)C(F)(F)F. The summed E-state index contributed by atoms with van der Waals surface area (Å²) in [4.78, 5) is 47.2. The number of rotatable bonds is 9. The van der Waals surface area contributed by atoms with Gasteiger partial charge in [-0.05, 0) is 86.0 Å². The topological polar surface area (TPSA) is 176 Å². The van der Waals surface area contributed by atoms with Gasteiger partial charge in [0.15, 0.2) is 6.61 Å². The van der Waals surface area contributed by atoms with E-state index in [0.717, 1.165) is 18.2 Å². The quantitative estimate of drug-likeness (QED) is 0.0729. The van der Waals surface area contributed by atoms with Crippen molar-refractivity contribution in [2.24, 2.45) is 0 Å². The van der Waals surface area contributed by atoms with Crippen LogP contribution in [0.4, 0.5) is 18.9 Å². The maximum atomic E-state index is 12.9. The third-order valence-corrected chi connectivity index (χ3v) is 8.52. The number of esters is 3. The Hall–Kier alpha value is -1.86. The highest BCUT2D eigenvalue weighted by Crippen LogP contribution is 2.31. The third kappa shape index (κ3) is 9.41. The predicted octanol–water partition coefficient (Wildman–Crippen LogP) is 4.15. The average Bonchev–Trinajstić information content (AvgIpc) is 2.77. The smallest absolute Gasteiger partial charge is 0.426 e. The molecular weight excluding hydrogens is 888 g/mol. The zero-order chi connectivity index (χ0) is 29.0. The second kappa shape index (κ2) is 13.0. The van der Waals surface area contributed by atoms with Gasteiger partial charge in [0, 0.05) is 22.8 Å². The predicted molar refractivity (Wildman–Crippen MR) is 145 cm³/mol. The lowest BCUT2D eigenvalue weighted by Crippen LogP contribution is -2.40. The summed E-state index contributed by atoms with van der Waals surface area (Å²) in [5.74, 6) is -6.80. The van der Waals surface area contributed by atoms with Gasteiger partial charge in [-0.1, -0.05) is 0 Å². The Kier molecular flexibility index (Phi) is 11.1. The van der Waals surface area contributed by atoms with E-state index in [0.29, 0.717) is 10.7 Å². The van der Waals surface area contributed by atoms with Gasteiger partial charge in [0.1, 0.15) is 5.75 Å². The maximum absolute atomic E-state index is 12.9. The highest BCUT2D eigenvalue weighted by molar-refractivity contribution is 14.1. The summed E-state index contributed by atoms with van der Waals surface area (Å²) in [6.45, 7) is -1.41. The van der Waals surface area contributed by atoms with Crippen molar-refractivity contribution in [3.05, 3.63) is 62.3 Å². The van der Waals surface area contributed by atoms with Crippen LogP contribution in [0.3, 0.4) is 0 Å². The number of nitro groups is 1. The normalized spacial score (nSPS) is 12.4. The van der Waals surface area contributed by atoms with E-state index in [2.05, 4.69) is 9.47 Å². The van der Waals surface area contributed by atoms with E-state index in [9.17, 15) is 46.1 Å². The number of halogens is 6. The summed E-state index contributed by atoms with van der Waals surface area (Å²) in [5, 5.41) is 11.4. The molecule has 12 nitrogen and oxygen atoms in total. The first-order chi connectivity index (χ1) is 17.4.